The van der Waals surface area contributed by atoms with Gasteiger partial charge in [-0.2, -0.15) is 0 Å². The predicted octanol–water partition coefficient (Wildman–Crippen LogP) is 3.88. The monoisotopic (exact) mass is 394 g/mol. The van der Waals surface area contributed by atoms with Gasteiger partial charge in [0.2, 0.25) is 0 Å². The highest BCUT2D eigenvalue weighted by molar-refractivity contribution is 6.00. The number of furan rings is 1. The molecule has 4 rings (SSSR count). The molecule has 1 unspecified atom stereocenters. The lowest BCUT2D eigenvalue weighted by Crippen LogP contribution is -2.43. The molecule has 0 radical (unpaired) electrons. The zero-order valence-corrected chi connectivity index (χ0v) is 15.9. The summed E-state index contributed by atoms with van der Waals surface area (Å²) in [6, 6.07) is 11.2. The van der Waals surface area contributed by atoms with Crippen LogP contribution in [0, 0.1) is 12.7 Å². The van der Waals surface area contributed by atoms with E-state index in [0.29, 0.717) is 10.9 Å². The van der Waals surface area contributed by atoms with E-state index in [2.05, 4.69) is 10.3 Å². The molecule has 0 saturated carbocycles. The molecule has 1 atom stereocenters. The molecule has 2 N–H and O–H groups in total. The lowest BCUT2D eigenvalue weighted by atomic mass is 10.0. The number of carbonyl (C=O) groups is 2. The fourth-order valence-corrected chi connectivity index (χ4v) is 3.51. The van der Waals surface area contributed by atoms with Crippen molar-refractivity contribution in [3.8, 4) is 0 Å². The molecule has 2 heterocycles. The molecular formula is C22H19FN2O4. The number of amides is 1. The van der Waals surface area contributed by atoms with E-state index in [0.717, 1.165) is 16.5 Å². The first-order valence-electron chi connectivity index (χ1n) is 9.11. The molecule has 2 aromatic heterocycles. The van der Waals surface area contributed by atoms with E-state index < -0.39 is 23.7 Å². The summed E-state index contributed by atoms with van der Waals surface area (Å²) in [6.07, 6.45) is 2.03. The van der Waals surface area contributed by atoms with Crippen molar-refractivity contribution in [3.63, 3.8) is 0 Å². The zero-order valence-electron chi connectivity index (χ0n) is 15.9. The number of benzene rings is 2. The Kier molecular flexibility index (Phi) is 4.80. The molecule has 0 fully saturated rings. The van der Waals surface area contributed by atoms with Crippen LogP contribution in [0.5, 0.6) is 0 Å². The first-order valence-corrected chi connectivity index (χ1v) is 9.11. The van der Waals surface area contributed by atoms with Crippen LogP contribution in [0.4, 0.5) is 4.39 Å². The molecule has 0 spiro atoms. The number of fused-ring (bicyclic) bond motifs is 2. The largest absolute Gasteiger partial charge is 0.467 e. The van der Waals surface area contributed by atoms with Crippen LogP contribution in [-0.4, -0.2) is 30.0 Å². The highest BCUT2D eigenvalue weighted by atomic mass is 19.1. The topological polar surface area (TPSA) is 84.3 Å². The van der Waals surface area contributed by atoms with Gasteiger partial charge in [-0.25, -0.2) is 9.18 Å². The Morgan fingerprint density at radius 3 is 2.69 bits per heavy atom. The number of halogens is 1. The molecule has 0 aliphatic rings. The molecular weight excluding hydrogens is 375 g/mol. The number of nitrogens with one attached hydrogen (secondary N) is 2. The van der Waals surface area contributed by atoms with Crippen LogP contribution < -0.4 is 5.32 Å². The van der Waals surface area contributed by atoms with Gasteiger partial charge in [-0.3, -0.25) is 4.79 Å². The van der Waals surface area contributed by atoms with Gasteiger partial charge in [-0.15, -0.1) is 0 Å². The number of hydrogen-bond acceptors (Lipinski definition) is 4. The van der Waals surface area contributed by atoms with Gasteiger partial charge < -0.3 is 19.5 Å². The first-order chi connectivity index (χ1) is 14.0. The van der Waals surface area contributed by atoms with E-state index in [-0.39, 0.29) is 17.8 Å². The summed E-state index contributed by atoms with van der Waals surface area (Å²) in [5.41, 5.74) is 2.32. The second-order valence-corrected chi connectivity index (χ2v) is 6.79. The van der Waals surface area contributed by atoms with Crippen LogP contribution in [0.1, 0.15) is 21.7 Å². The highest BCUT2D eigenvalue weighted by Gasteiger charge is 2.27. The van der Waals surface area contributed by atoms with Crippen molar-refractivity contribution in [2.24, 2.45) is 0 Å². The lowest BCUT2D eigenvalue weighted by Gasteiger charge is -2.15. The number of carbonyl (C=O) groups excluding carboxylic acids is 2. The maximum absolute atomic E-state index is 14.0. The standard InChI is InChI=1S/C22H19FN2O4/c1-12-14-7-5-8-16(23)20(14)29-19(12)21(26)25-18(22(27)28-2)10-13-11-24-17-9-4-3-6-15(13)17/h3-9,11,18,24H,10H2,1-2H3,(H,25,26). The van der Waals surface area contributed by atoms with E-state index in [1.54, 1.807) is 25.3 Å². The number of rotatable bonds is 5. The van der Waals surface area contributed by atoms with Crippen molar-refractivity contribution in [1.29, 1.82) is 0 Å². The Bertz CT molecular complexity index is 1220. The fraction of sp³-hybridized carbons (Fsp3) is 0.182. The summed E-state index contributed by atoms with van der Waals surface area (Å²) in [6.45, 7) is 1.67. The van der Waals surface area contributed by atoms with Gasteiger partial charge in [0.05, 0.1) is 7.11 Å². The van der Waals surface area contributed by atoms with Crippen LogP contribution in [-0.2, 0) is 16.0 Å². The number of para-hydroxylation sites is 2. The van der Waals surface area contributed by atoms with Gasteiger partial charge in [0, 0.05) is 34.5 Å². The molecule has 6 nitrogen and oxygen atoms in total. The lowest BCUT2D eigenvalue weighted by molar-refractivity contribution is -0.142. The normalized spacial score (nSPS) is 12.2. The summed E-state index contributed by atoms with van der Waals surface area (Å²) in [5.74, 6) is -1.76. The molecule has 0 saturated heterocycles. The quantitative estimate of drug-likeness (QED) is 0.503. The van der Waals surface area contributed by atoms with Crippen molar-refractivity contribution < 1.29 is 23.1 Å². The minimum Gasteiger partial charge on any atom is -0.467 e. The van der Waals surface area contributed by atoms with Crippen molar-refractivity contribution in [1.82, 2.24) is 10.3 Å². The van der Waals surface area contributed by atoms with Crippen molar-refractivity contribution in [3.05, 3.63) is 71.4 Å². The van der Waals surface area contributed by atoms with Crippen molar-refractivity contribution in [2.45, 2.75) is 19.4 Å². The Labute approximate surface area is 165 Å². The van der Waals surface area contributed by atoms with Crippen molar-refractivity contribution in [2.75, 3.05) is 7.11 Å². The fourth-order valence-electron chi connectivity index (χ4n) is 3.51. The van der Waals surface area contributed by atoms with Gasteiger partial charge >= 0.3 is 5.97 Å². The number of aromatic amines is 1. The molecule has 1 amide bonds. The second-order valence-electron chi connectivity index (χ2n) is 6.79. The third-order valence-electron chi connectivity index (χ3n) is 5.01. The summed E-state index contributed by atoms with van der Waals surface area (Å²) in [5, 5.41) is 4.14. The zero-order chi connectivity index (χ0) is 20.5. The SMILES string of the molecule is COC(=O)C(Cc1c[nH]c2ccccc12)NC(=O)c1oc2c(F)cccc2c1C. The van der Waals surface area contributed by atoms with Crippen LogP contribution in [0.15, 0.2) is 53.1 Å². The van der Waals surface area contributed by atoms with Gasteiger partial charge in [0.1, 0.15) is 6.04 Å². The third-order valence-corrected chi connectivity index (χ3v) is 5.01. The minimum atomic E-state index is -0.927. The number of methoxy groups -OCH3 is 1. The Hall–Kier alpha value is -3.61. The molecule has 0 bridgehead atoms. The van der Waals surface area contributed by atoms with E-state index in [1.807, 2.05) is 24.3 Å². The average molecular weight is 394 g/mol. The van der Waals surface area contributed by atoms with Gasteiger partial charge in [0.15, 0.2) is 17.2 Å². The van der Waals surface area contributed by atoms with E-state index >= 15 is 0 Å². The average Bonchev–Trinajstić information content (AvgIpc) is 3.29. The smallest absolute Gasteiger partial charge is 0.328 e. The molecule has 7 heteroatoms. The maximum atomic E-state index is 14.0. The van der Waals surface area contributed by atoms with Gasteiger partial charge in [-0.05, 0) is 24.6 Å². The minimum absolute atomic E-state index is 0.0152. The third kappa shape index (κ3) is 3.35. The molecule has 0 aliphatic carbocycles. The van der Waals surface area contributed by atoms with Crippen LogP contribution in [0.3, 0.4) is 0 Å². The second kappa shape index (κ2) is 7.43. The first kappa shape index (κ1) is 18.7. The van der Waals surface area contributed by atoms with Crippen molar-refractivity contribution >= 4 is 33.7 Å². The Morgan fingerprint density at radius 1 is 1.17 bits per heavy atom. The summed E-state index contributed by atoms with van der Waals surface area (Å²) >= 11 is 0. The van der Waals surface area contributed by atoms with Crippen LogP contribution in [0.2, 0.25) is 0 Å². The molecule has 0 aliphatic heterocycles. The van der Waals surface area contributed by atoms with Crippen LogP contribution in [0.25, 0.3) is 21.9 Å². The van der Waals surface area contributed by atoms with Gasteiger partial charge in [0.25, 0.3) is 5.91 Å². The van der Waals surface area contributed by atoms with E-state index in [4.69, 9.17) is 9.15 Å². The molecule has 4 aromatic rings. The Balaban J connectivity index is 1.63. The predicted molar refractivity (Wildman–Crippen MR) is 106 cm³/mol. The number of ether oxygens (including phenoxy) is 1. The molecule has 29 heavy (non-hydrogen) atoms. The summed E-state index contributed by atoms with van der Waals surface area (Å²) in [4.78, 5) is 28.3. The highest BCUT2D eigenvalue weighted by Crippen LogP contribution is 2.27. The van der Waals surface area contributed by atoms with E-state index in [9.17, 15) is 14.0 Å². The molecule has 148 valence electrons. The maximum Gasteiger partial charge on any atom is 0.328 e. The Morgan fingerprint density at radius 2 is 1.93 bits per heavy atom. The number of esters is 1. The number of hydrogen-bond donors (Lipinski definition) is 2. The number of aryl methyl sites for hydroxylation is 1. The molecule has 2 aromatic carbocycles. The number of aromatic nitrogens is 1. The summed E-state index contributed by atoms with van der Waals surface area (Å²) in [7, 11) is 1.26. The van der Waals surface area contributed by atoms with E-state index in [1.165, 1.54) is 13.2 Å². The van der Waals surface area contributed by atoms with Crippen LogP contribution >= 0.6 is 0 Å². The summed E-state index contributed by atoms with van der Waals surface area (Å²) < 4.78 is 24.3. The number of H-pyrrole nitrogens is 1. The van der Waals surface area contributed by atoms with Gasteiger partial charge in [-0.1, -0.05) is 30.3 Å².